The summed E-state index contributed by atoms with van der Waals surface area (Å²) in [7, 11) is 0. The highest BCUT2D eigenvalue weighted by Crippen LogP contribution is 2.29. The second-order valence-electron chi connectivity index (χ2n) is 3.12. The van der Waals surface area contributed by atoms with Crippen LogP contribution in [0.15, 0.2) is 0 Å². The third-order valence-corrected chi connectivity index (χ3v) is 2.41. The Morgan fingerprint density at radius 2 is 2.00 bits per heavy atom. The molecule has 4 N–H and O–H groups in total. The van der Waals surface area contributed by atoms with E-state index in [4.69, 9.17) is 10.8 Å². The van der Waals surface area contributed by atoms with E-state index in [0.29, 0.717) is 0 Å². The number of thioether (sulfide) groups is 1. The number of hydrogen-bond donors (Lipinski definition) is 3. The molecule has 0 aliphatic rings. The van der Waals surface area contributed by atoms with E-state index >= 15 is 0 Å². The summed E-state index contributed by atoms with van der Waals surface area (Å²) >= 11 is -0.244. The molecule has 0 fully saturated rings. The van der Waals surface area contributed by atoms with Gasteiger partial charge >= 0.3 is 11.5 Å². The lowest BCUT2D eigenvalue weighted by atomic mass is 10.1. The smallest absolute Gasteiger partial charge is 0.441 e. The fourth-order valence-corrected chi connectivity index (χ4v) is 1.32. The van der Waals surface area contributed by atoms with Crippen molar-refractivity contribution in [1.29, 1.82) is 0 Å². The Kier molecular flexibility index (Phi) is 6.97. The maximum absolute atomic E-state index is 11.7. The average Bonchev–Trinajstić information content (AvgIpc) is 2.19. The molecule has 1 atom stereocenters. The van der Waals surface area contributed by atoms with Crippen LogP contribution in [-0.4, -0.2) is 40.8 Å². The Morgan fingerprint density at radius 1 is 1.41 bits per heavy atom. The minimum absolute atomic E-state index is 0.0480. The van der Waals surface area contributed by atoms with Gasteiger partial charge in [-0.2, -0.15) is 13.2 Å². The number of carboxylic acid groups (broad SMARTS) is 1. The molecule has 0 heterocycles. The fourth-order valence-electron chi connectivity index (χ4n) is 0.882. The number of aliphatic carboxylic acids is 1. The molecule has 5 nitrogen and oxygen atoms in total. The largest absolute Gasteiger partial charge is 0.481 e. The molecule has 100 valence electrons. The van der Waals surface area contributed by atoms with Gasteiger partial charge < -0.3 is 16.2 Å². The van der Waals surface area contributed by atoms with Crippen LogP contribution in [0.25, 0.3) is 0 Å². The number of carbonyl (C=O) groups excluding carboxylic acids is 1. The van der Waals surface area contributed by atoms with Crippen molar-refractivity contribution in [2.75, 3.05) is 12.3 Å². The molecule has 0 bridgehead atoms. The molecule has 1 unspecified atom stereocenters. The van der Waals surface area contributed by atoms with Gasteiger partial charge in [0.1, 0.15) is 0 Å². The molecule has 0 saturated carbocycles. The Morgan fingerprint density at radius 3 is 2.47 bits per heavy atom. The monoisotopic (exact) mass is 274 g/mol. The van der Waals surface area contributed by atoms with Gasteiger partial charge in [-0.15, -0.1) is 0 Å². The zero-order chi connectivity index (χ0) is 13.5. The molecule has 0 aromatic rings. The predicted octanol–water partition coefficient (Wildman–Crippen LogP) is 0.548. The molecule has 0 aliphatic carbocycles. The lowest BCUT2D eigenvalue weighted by Crippen LogP contribution is -2.41. The van der Waals surface area contributed by atoms with Crippen molar-refractivity contribution in [2.24, 2.45) is 5.73 Å². The average molecular weight is 274 g/mol. The molecule has 0 saturated heterocycles. The molecule has 17 heavy (non-hydrogen) atoms. The van der Waals surface area contributed by atoms with E-state index in [0.717, 1.165) is 0 Å². The number of rotatable bonds is 7. The molecule has 0 aliphatic heterocycles. The van der Waals surface area contributed by atoms with Gasteiger partial charge in [-0.1, -0.05) is 0 Å². The Balaban J connectivity index is 3.68. The lowest BCUT2D eigenvalue weighted by Gasteiger charge is -2.11. The van der Waals surface area contributed by atoms with E-state index in [1.165, 1.54) is 0 Å². The maximum atomic E-state index is 11.7. The molecule has 1 amide bonds. The molecule has 9 heteroatoms. The summed E-state index contributed by atoms with van der Waals surface area (Å²) in [4.78, 5) is 21.3. The van der Waals surface area contributed by atoms with Crippen LogP contribution in [0.5, 0.6) is 0 Å². The molecule has 0 aromatic carbocycles. The summed E-state index contributed by atoms with van der Waals surface area (Å²) < 4.78 is 35.1. The quantitative estimate of drug-likeness (QED) is 0.589. The van der Waals surface area contributed by atoms with E-state index in [2.05, 4.69) is 5.32 Å². The number of hydrogen-bond acceptors (Lipinski definition) is 4. The number of halogens is 3. The summed E-state index contributed by atoms with van der Waals surface area (Å²) in [6.45, 7) is -0.163. The normalized spacial score (nSPS) is 13.2. The number of carboxylic acids is 1. The van der Waals surface area contributed by atoms with Crippen molar-refractivity contribution in [3.63, 3.8) is 0 Å². The van der Waals surface area contributed by atoms with Crippen LogP contribution in [-0.2, 0) is 9.59 Å². The van der Waals surface area contributed by atoms with Crippen LogP contribution in [0.1, 0.15) is 12.8 Å². The van der Waals surface area contributed by atoms with Crippen molar-refractivity contribution >= 4 is 23.6 Å². The highest BCUT2D eigenvalue weighted by atomic mass is 32.2. The Bertz CT molecular complexity index is 273. The zero-order valence-electron chi connectivity index (χ0n) is 8.79. The third kappa shape index (κ3) is 9.94. The standard InChI is InChI=1S/C8H13F3N2O3S/c9-8(10,11)17-4-3-13-7(16)5(12)1-2-6(14)15/h5H,1-4,12H2,(H,13,16)(H,14,15). The van der Waals surface area contributed by atoms with Gasteiger partial charge in [0.05, 0.1) is 6.04 Å². The van der Waals surface area contributed by atoms with E-state index in [-0.39, 0.29) is 36.9 Å². The van der Waals surface area contributed by atoms with Gasteiger partial charge in [0.2, 0.25) is 5.91 Å². The summed E-state index contributed by atoms with van der Waals surface area (Å²) in [6, 6.07) is -1.01. The van der Waals surface area contributed by atoms with Crippen molar-refractivity contribution in [2.45, 2.75) is 24.4 Å². The first-order chi connectivity index (χ1) is 7.72. The maximum Gasteiger partial charge on any atom is 0.441 e. The van der Waals surface area contributed by atoms with Gasteiger partial charge in [-0.05, 0) is 18.2 Å². The summed E-state index contributed by atoms with van der Waals surface area (Å²) in [5, 5.41) is 10.5. The Labute approximate surface area is 99.9 Å². The van der Waals surface area contributed by atoms with Gasteiger partial charge in [0.25, 0.3) is 0 Å². The highest BCUT2D eigenvalue weighted by molar-refractivity contribution is 8.00. The molecule has 0 spiro atoms. The van der Waals surface area contributed by atoms with Crippen molar-refractivity contribution in [3.8, 4) is 0 Å². The first-order valence-electron chi connectivity index (χ1n) is 4.68. The minimum Gasteiger partial charge on any atom is -0.481 e. The van der Waals surface area contributed by atoms with Crippen LogP contribution in [0, 0.1) is 0 Å². The van der Waals surface area contributed by atoms with Gasteiger partial charge in [-0.25, -0.2) is 0 Å². The molecular weight excluding hydrogens is 261 g/mol. The van der Waals surface area contributed by atoms with E-state index in [9.17, 15) is 22.8 Å². The number of carbonyl (C=O) groups is 2. The van der Waals surface area contributed by atoms with Crippen molar-refractivity contribution < 1.29 is 27.9 Å². The third-order valence-electron chi connectivity index (χ3n) is 1.67. The lowest BCUT2D eigenvalue weighted by molar-refractivity contribution is -0.137. The molecule has 0 aromatic heterocycles. The highest BCUT2D eigenvalue weighted by Gasteiger charge is 2.27. The zero-order valence-corrected chi connectivity index (χ0v) is 9.61. The molecule has 0 radical (unpaired) electrons. The minimum atomic E-state index is -4.32. The van der Waals surface area contributed by atoms with Gasteiger partial charge in [-0.3, -0.25) is 9.59 Å². The van der Waals surface area contributed by atoms with Crippen LogP contribution in [0.4, 0.5) is 13.2 Å². The first-order valence-corrected chi connectivity index (χ1v) is 5.66. The van der Waals surface area contributed by atoms with Gasteiger partial charge in [0.15, 0.2) is 0 Å². The first kappa shape index (κ1) is 16.0. The van der Waals surface area contributed by atoms with E-state index in [1.54, 1.807) is 0 Å². The Hall–Kier alpha value is -0.960. The van der Waals surface area contributed by atoms with Gasteiger partial charge in [0, 0.05) is 18.7 Å². The van der Waals surface area contributed by atoms with Crippen LogP contribution in [0.3, 0.4) is 0 Å². The van der Waals surface area contributed by atoms with E-state index in [1.807, 2.05) is 0 Å². The van der Waals surface area contributed by atoms with E-state index < -0.39 is 23.4 Å². The summed E-state index contributed by atoms with van der Waals surface area (Å²) in [5.41, 5.74) is 1.01. The van der Waals surface area contributed by atoms with Crippen molar-refractivity contribution in [1.82, 2.24) is 5.32 Å². The molecular formula is C8H13F3N2O3S. The summed E-state index contributed by atoms with van der Waals surface area (Å²) in [5.74, 6) is -2.03. The number of amides is 1. The second kappa shape index (κ2) is 7.38. The number of alkyl halides is 3. The van der Waals surface area contributed by atoms with Crippen LogP contribution < -0.4 is 11.1 Å². The number of nitrogens with two attached hydrogens (primary N) is 1. The predicted molar refractivity (Wildman–Crippen MR) is 56.4 cm³/mol. The topological polar surface area (TPSA) is 92.4 Å². The van der Waals surface area contributed by atoms with Crippen LogP contribution >= 0.6 is 11.8 Å². The SMILES string of the molecule is NC(CCC(=O)O)C(=O)NCCSC(F)(F)F. The second-order valence-corrected chi connectivity index (χ2v) is 4.28. The fraction of sp³-hybridized carbons (Fsp3) is 0.750. The van der Waals surface area contributed by atoms with Crippen molar-refractivity contribution in [3.05, 3.63) is 0 Å². The number of nitrogens with one attached hydrogen (secondary N) is 1. The summed E-state index contributed by atoms with van der Waals surface area (Å²) in [6.07, 6.45) is -0.306. The van der Waals surface area contributed by atoms with Crippen LogP contribution in [0.2, 0.25) is 0 Å². The molecule has 0 rings (SSSR count).